The third kappa shape index (κ3) is 3.88. The zero-order chi connectivity index (χ0) is 13.1. The lowest BCUT2D eigenvalue weighted by molar-refractivity contribution is -0.121. The van der Waals surface area contributed by atoms with E-state index < -0.39 is 0 Å². The summed E-state index contributed by atoms with van der Waals surface area (Å²) in [6, 6.07) is 1.10. The largest absolute Gasteiger partial charge is 0.362 e. The third-order valence-electron chi connectivity index (χ3n) is 4.19. The van der Waals surface area contributed by atoms with Gasteiger partial charge in [-0.1, -0.05) is 24.6 Å². The van der Waals surface area contributed by atoms with Crippen molar-refractivity contribution < 1.29 is 4.79 Å². The van der Waals surface area contributed by atoms with Crippen LogP contribution in [0, 0.1) is 5.92 Å². The van der Waals surface area contributed by atoms with E-state index in [9.17, 15) is 4.79 Å². The van der Waals surface area contributed by atoms with Gasteiger partial charge in [0, 0.05) is 24.3 Å². The summed E-state index contributed by atoms with van der Waals surface area (Å²) >= 11 is 1.83. The second-order valence-electron chi connectivity index (χ2n) is 5.89. The van der Waals surface area contributed by atoms with Crippen molar-refractivity contribution in [2.75, 3.05) is 12.3 Å². The van der Waals surface area contributed by atoms with E-state index >= 15 is 0 Å². The van der Waals surface area contributed by atoms with Gasteiger partial charge in [0.25, 0.3) is 0 Å². The van der Waals surface area contributed by atoms with Crippen LogP contribution >= 0.6 is 11.8 Å². The molecule has 0 bridgehead atoms. The fourth-order valence-corrected chi connectivity index (χ4v) is 4.05. The molecule has 0 spiro atoms. The van der Waals surface area contributed by atoms with Crippen LogP contribution in [0.2, 0.25) is 0 Å². The number of aliphatic imine (C=N–C) groups is 1. The number of amidine groups is 1. The quantitative estimate of drug-likeness (QED) is 0.827. The minimum atomic E-state index is 0.156. The number of hydrogen-bond donors (Lipinski definition) is 2. The lowest BCUT2D eigenvalue weighted by Gasteiger charge is -2.36. The number of rotatable bonds is 4. The molecule has 2 N–H and O–H groups in total. The first-order valence-corrected chi connectivity index (χ1v) is 8.53. The molecule has 0 radical (unpaired) electrons. The summed E-state index contributed by atoms with van der Waals surface area (Å²) < 4.78 is 0. The molecule has 3 fully saturated rings. The number of hydrogen-bond acceptors (Lipinski definition) is 3. The van der Waals surface area contributed by atoms with Gasteiger partial charge in [-0.15, -0.1) is 0 Å². The summed E-state index contributed by atoms with van der Waals surface area (Å²) in [4.78, 5) is 16.1. The Kier molecular flexibility index (Phi) is 4.31. The van der Waals surface area contributed by atoms with Gasteiger partial charge in [0.2, 0.25) is 5.91 Å². The van der Waals surface area contributed by atoms with E-state index in [-0.39, 0.29) is 5.91 Å². The van der Waals surface area contributed by atoms with Gasteiger partial charge < -0.3 is 10.6 Å². The van der Waals surface area contributed by atoms with Crippen molar-refractivity contribution in [1.82, 2.24) is 10.6 Å². The summed E-state index contributed by atoms with van der Waals surface area (Å²) in [5, 5.41) is 7.62. The number of carbonyl (C=O) groups excluding carboxylic acids is 1. The fourth-order valence-electron chi connectivity index (χ4n) is 2.86. The Morgan fingerprint density at radius 2 is 2.16 bits per heavy atom. The van der Waals surface area contributed by atoms with Gasteiger partial charge in [0.05, 0.1) is 6.54 Å². The number of thioether (sulfide) groups is 1. The van der Waals surface area contributed by atoms with Crippen LogP contribution in [0.15, 0.2) is 4.99 Å². The summed E-state index contributed by atoms with van der Waals surface area (Å²) in [6.07, 6.45) is 8.21. The first-order chi connectivity index (χ1) is 9.31. The normalized spacial score (nSPS) is 32.5. The minimum Gasteiger partial charge on any atom is -0.362 e. The number of fused-ring (bicyclic) bond motifs is 1. The molecule has 106 valence electrons. The van der Waals surface area contributed by atoms with Crippen LogP contribution in [0.25, 0.3) is 0 Å². The van der Waals surface area contributed by atoms with Crippen LogP contribution in [-0.4, -0.2) is 35.5 Å². The molecule has 19 heavy (non-hydrogen) atoms. The Morgan fingerprint density at radius 3 is 3.00 bits per heavy atom. The van der Waals surface area contributed by atoms with E-state index in [1.165, 1.54) is 31.4 Å². The maximum Gasteiger partial charge on any atom is 0.222 e. The van der Waals surface area contributed by atoms with Gasteiger partial charge in [-0.3, -0.25) is 9.79 Å². The van der Waals surface area contributed by atoms with Crippen molar-refractivity contribution >= 4 is 22.8 Å². The second-order valence-corrected chi connectivity index (χ2v) is 6.89. The van der Waals surface area contributed by atoms with E-state index in [2.05, 4.69) is 15.6 Å². The molecule has 2 saturated carbocycles. The molecule has 2 aliphatic carbocycles. The average Bonchev–Trinajstić information content (AvgIpc) is 3.22. The van der Waals surface area contributed by atoms with Gasteiger partial charge in [-0.25, -0.2) is 0 Å². The van der Waals surface area contributed by atoms with Crippen LogP contribution in [0.3, 0.4) is 0 Å². The molecule has 1 saturated heterocycles. The topological polar surface area (TPSA) is 53.5 Å². The lowest BCUT2D eigenvalue weighted by Crippen LogP contribution is -2.46. The predicted octanol–water partition coefficient (Wildman–Crippen LogP) is 1.91. The molecule has 1 aliphatic heterocycles. The molecule has 0 aromatic carbocycles. The van der Waals surface area contributed by atoms with Gasteiger partial charge >= 0.3 is 0 Å². The molecule has 1 heterocycles. The highest BCUT2D eigenvalue weighted by atomic mass is 32.2. The number of nitrogens with one attached hydrogen (secondary N) is 2. The number of nitrogens with zero attached hydrogens (tertiary/aromatic N) is 1. The average molecular weight is 281 g/mol. The summed E-state index contributed by atoms with van der Waals surface area (Å²) in [5.41, 5.74) is 0. The van der Waals surface area contributed by atoms with Crippen molar-refractivity contribution in [3.8, 4) is 0 Å². The molecule has 0 aromatic heterocycles. The standard InChI is InChI=1S/C14H23N3OS/c18-13(16-11-5-6-11)7-8-15-14-17-12-4-2-1-3-10(12)9-19-14/h10-12H,1-9H2,(H,15,17)(H,16,18). The summed E-state index contributed by atoms with van der Waals surface area (Å²) in [5.74, 6) is 2.18. The fraction of sp³-hybridized carbons (Fsp3) is 0.857. The zero-order valence-corrected chi connectivity index (χ0v) is 12.2. The maximum absolute atomic E-state index is 11.6. The highest BCUT2D eigenvalue weighted by Crippen LogP contribution is 2.31. The first kappa shape index (κ1) is 13.3. The van der Waals surface area contributed by atoms with Gasteiger partial charge in [0.15, 0.2) is 5.17 Å². The Labute approximate surface area is 119 Å². The van der Waals surface area contributed by atoms with E-state index in [1.54, 1.807) is 0 Å². The highest BCUT2D eigenvalue weighted by Gasteiger charge is 2.30. The lowest BCUT2D eigenvalue weighted by atomic mass is 9.86. The van der Waals surface area contributed by atoms with Crippen LogP contribution in [0.1, 0.15) is 44.9 Å². The second kappa shape index (κ2) is 6.16. The highest BCUT2D eigenvalue weighted by molar-refractivity contribution is 8.13. The predicted molar refractivity (Wildman–Crippen MR) is 79.4 cm³/mol. The molecule has 4 nitrogen and oxygen atoms in total. The first-order valence-electron chi connectivity index (χ1n) is 7.54. The zero-order valence-electron chi connectivity index (χ0n) is 11.4. The molecule has 5 heteroatoms. The maximum atomic E-state index is 11.6. The Bertz CT molecular complexity index is 368. The van der Waals surface area contributed by atoms with Gasteiger partial charge in [0.1, 0.15) is 0 Å². The summed E-state index contributed by atoms with van der Waals surface area (Å²) in [7, 11) is 0. The SMILES string of the molecule is O=C(CCN=C1NC2CCCCC2CS1)NC1CC1. The van der Waals surface area contributed by atoms with Crippen LogP contribution < -0.4 is 10.6 Å². The molecular formula is C14H23N3OS. The van der Waals surface area contributed by atoms with Gasteiger partial charge in [-0.05, 0) is 31.6 Å². The van der Waals surface area contributed by atoms with Gasteiger partial charge in [-0.2, -0.15) is 0 Å². The van der Waals surface area contributed by atoms with Crippen molar-refractivity contribution in [2.45, 2.75) is 57.0 Å². The minimum absolute atomic E-state index is 0.156. The van der Waals surface area contributed by atoms with E-state index in [4.69, 9.17) is 0 Å². The van der Waals surface area contributed by atoms with Crippen LogP contribution in [-0.2, 0) is 4.79 Å². The van der Waals surface area contributed by atoms with Crippen molar-refractivity contribution in [1.29, 1.82) is 0 Å². The Morgan fingerprint density at radius 1 is 1.32 bits per heavy atom. The molecule has 2 atom stereocenters. The van der Waals surface area contributed by atoms with Crippen LogP contribution in [0.5, 0.6) is 0 Å². The van der Waals surface area contributed by atoms with Crippen molar-refractivity contribution in [3.05, 3.63) is 0 Å². The van der Waals surface area contributed by atoms with E-state index in [0.29, 0.717) is 25.0 Å². The Hall–Kier alpha value is -0.710. The monoisotopic (exact) mass is 281 g/mol. The third-order valence-corrected chi connectivity index (χ3v) is 5.30. The van der Waals surface area contributed by atoms with E-state index in [1.807, 2.05) is 11.8 Å². The molecule has 0 aromatic rings. The molecule has 1 amide bonds. The molecular weight excluding hydrogens is 258 g/mol. The number of amides is 1. The molecule has 3 rings (SSSR count). The smallest absolute Gasteiger partial charge is 0.222 e. The number of carbonyl (C=O) groups is 1. The summed E-state index contributed by atoms with van der Waals surface area (Å²) in [6.45, 7) is 0.616. The molecule has 3 aliphatic rings. The van der Waals surface area contributed by atoms with Crippen molar-refractivity contribution in [2.24, 2.45) is 10.9 Å². The Balaban J connectivity index is 1.41. The molecule has 2 unspecified atom stereocenters. The van der Waals surface area contributed by atoms with Crippen LogP contribution in [0.4, 0.5) is 0 Å². The van der Waals surface area contributed by atoms with E-state index in [0.717, 1.165) is 23.9 Å². The van der Waals surface area contributed by atoms with Crippen molar-refractivity contribution in [3.63, 3.8) is 0 Å².